The minimum atomic E-state index is -0.630. The minimum Gasteiger partial charge on any atom is -0.388 e. The van der Waals surface area contributed by atoms with Crippen LogP contribution in [-0.4, -0.2) is 33.7 Å². The van der Waals surface area contributed by atoms with Gasteiger partial charge in [0.2, 0.25) is 5.91 Å². The summed E-state index contributed by atoms with van der Waals surface area (Å²) in [4.78, 5) is 12.0. The summed E-state index contributed by atoms with van der Waals surface area (Å²) in [6.45, 7) is 2.45. The molecule has 2 fully saturated rings. The molecular formula is C12H21NO2S. The molecule has 1 unspecified atom stereocenters. The molecule has 3 nitrogen and oxygen atoms in total. The maximum atomic E-state index is 12.0. The number of hydrogen-bond donors (Lipinski definition) is 2. The fraction of sp³-hybridized carbons (Fsp3) is 0.917. The summed E-state index contributed by atoms with van der Waals surface area (Å²) in [6.07, 6.45) is 5.91. The van der Waals surface area contributed by atoms with Gasteiger partial charge >= 0.3 is 0 Å². The highest BCUT2D eigenvalue weighted by Crippen LogP contribution is 2.38. The fourth-order valence-electron chi connectivity index (χ4n) is 2.60. The van der Waals surface area contributed by atoms with Crippen molar-refractivity contribution in [2.45, 2.75) is 55.8 Å². The number of carbonyl (C=O) groups is 1. The van der Waals surface area contributed by atoms with Crippen molar-refractivity contribution < 1.29 is 9.90 Å². The predicted octanol–water partition coefficient (Wildman–Crippen LogP) is 1.69. The molecule has 0 aromatic carbocycles. The van der Waals surface area contributed by atoms with Crippen LogP contribution in [0.15, 0.2) is 0 Å². The number of rotatable bonds is 3. The highest BCUT2D eigenvalue weighted by Gasteiger charge is 2.39. The van der Waals surface area contributed by atoms with E-state index in [0.717, 1.165) is 44.3 Å². The largest absolute Gasteiger partial charge is 0.388 e. The molecule has 4 heteroatoms. The molecule has 2 rings (SSSR count). The molecule has 0 spiro atoms. The lowest BCUT2D eigenvalue weighted by molar-refractivity contribution is -0.124. The second kappa shape index (κ2) is 4.57. The minimum absolute atomic E-state index is 0.107. The molecule has 2 N–H and O–H groups in total. The molecule has 1 saturated carbocycles. The van der Waals surface area contributed by atoms with E-state index in [0.29, 0.717) is 6.54 Å². The van der Waals surface area contributed by atoms with Gasteiger partial charge in [-0.2, -0.15) is 0 Å². The molecular weight excluding hydrogens is 222 g/mol. The first kappa shape index (κ1) is 12.2. The molecule has 2 aliphatic rings. The number of carbonyl (C=O) groups excluding carboxylic acids is 1. The molecule has 1 heterocycles. The molecule has 0 bridgehead atoms. The van der Waals surface area contributed by atoms with Crippen molar-refractivity contribution in [3.8, 4) is 0 Å². The molecule has 1 saturated heterocycles. The summed E-state index contributed by atoms with van der Waals surface area (Å²) in [7, 11) is 0. The maximum absolute atomic E-state index is 12.0. The summed E-state index contributed by atoms with van der Waals surface area (Å²) in [6, 6.07) is 0. The van der Waals surface area contributed by atoms with Gasteiger partial charge in [-0.3, -0.25) is 4.79 Å². The van der Waals surface area contributed by atoms with Gasteiger partial charge in [-0.15, -0.1) is 11.8 Å². The molecule has 1 aliphatic heterocycles. The first-order valence-corrected chi connectivity index (χ1v) is 7.17. The second-order valence-corrected chi connectivity index (χ2v) is 6.89. The quantitative estimate of drug-likeness (QED) is 0.793. The average molecular weight is 243 g/mol. The third kappa shape index (κ3) is 2.54. The lowest BCUT2D eigenvalue weighted by atomic mass is 10.0. The highest BCUT2D eigenvalue weighted by molar-refractivity contribution is 8.01. The molecule has 0 aromatic heterocycles. The second-order valence-electron chi connectivity index (χ2n) is 5.30. The van der Waals surface area contributed by atoms with Crippen LogP contribution in [0.25, 0.3) is 0 Å². The van der Waals surface area contributed by atoms with E-state index in [4.69, 9.17) is 0 Å². The average Bonchev–Trinajstić information content (AvgIpc) is 2.86. The van der Waals surface area contributed by atoms with E-state index in [1.54, 1.807) is 11.8 Å². The SMILES string of the molecule is CC1(C(=O)NCC2(O)CCCC2)CCCS1. The number of hydrogen-bond acceptors (Lipinski definition) is 3. The van der Waals surface area contributed by atoms with Crippen LogP contribution in [0.3, 0.4) is 0 Å². The third-order valence-corrected chi connectivity index (χ3v) is 5.33. The van der Waals surface area contributed by atoms with Crippen molar-refractivity contribution in [3.63, 3.8) is 0 Å². The van der Waals surface area contributed by atoms with Crippen LogP contribution in [0.5, 0.6) is 0 Å². The van der Waals surface area contributed by atoms with Gasteiger partial charge in [0.25, 0.3) is 0 Å². The number of aliphatic hydroxyl groups is 1. The van der Waals surface area contributed by atoms with Crippen LogP contribution < -0.4 is 5.32 Å². The molecule has 1 aliphatic carbocycles. The van der Waals surface area contributed by atoms with E-state index < -0.39 is 5.60 Å². The van der Waals surface area contributed by atoms with Crippen molar-refractivity contribution in [3.05, 3.63) is 0 Å². The molecule has 1 amide bonds. The highest BCUT2D eigenvalue weighted by atomic mass is 32.2. The Balaban J connectivity index is 1.83. The van der Waals surface area contributed by atoms with Crippen LogP contribution in [0, 0.1) is 0 Å². The van der Waals surface area contributed by atoms with Crippen LogP contribution in [0.1, 0.15) is 45.4 Å². The zero-order valence-corrected chi connectivity index (χ0v) is 10.7. The molecule has 0 radical (unpaired) electrons. The lowest BCUT2D eigenvalue weighted by Gasteiger charge is -2.26. The first-order valence-electron chi connectivity index (χ1n) is 6.19. The Bertz CT molecular complexity index is 268. The first-order chi connectivity index (χ1) is 7.54. The van der Waals surface area contributed by atoms with Crippen LogP contribution in [0.4, 0.5) is 0 Å². The van der Waals surface area contributed by atoms with Crippen LogP contribution >= 0.6 is 11.8 Å². The normalized spacial score (nSPS) is 32.9. The Morgan fingerprint density at radius 2 is 2.00 bits per heavy atom. The van der Waals surface area contributed by atoms with Crippen LogP contribution in [0.2, 0.25) is 0 Å². The van der Waals surface area contributed by atoms with E-state index in [1.807, 2.05) is 6.92 Å². The summed E-state index contributed by atoms with van der Waals surface area (Å²) in [5, 5.41) is 13.1. The summed E-state index contributed by atoms with van der Waals surface area (Å²) in [5.74, 6) is 1.18. The van der Waals surface area contributed by atoms with E-state index in [9.17, 15) is 9.90 Å². The molecule has 1 atom stereocenters. The summed E-state index contributed by atoms with van der Waals surface area (Å²) >= 11 is 1.74. The van der Waals surface area contributed by atoms with Gasteiger partial charge in [0, 0.05) is 6.54 Å². The standard InChI is InChI=1S/C12H21NO2S/c1-11(5-4-8-16-11)10(14)13-9-12(15)6-2-3-7-12/h15H,2-9H2,1H3,(H,13,14). The number of amides is 1. The molecule has 0 aromatic rings. The Hall–Kier alpha value is -0.220. The van der Waals surface area contributed by atoms with Gasteiger partial charge < -0.3 is 10.4 Å². The van der Waals surface area contributed by atoms with Crippen LogP contribution in [-0.2, 0) is 4.79 Å². The van der Waals surface area contributed by atoms with Crippen molar-refractivity contribution in [1.82, 2.24) is 5.32 Å². The van der Waals surface area contributed by atoms with Gasteiger partial charge in [-0.25, -0.2) is 0 Å². The van der Waals surface area contributed by atoms with E-state index >= 15 is 0 Å². The van der Waals surface area contributed by atoms with Crippen molar-refractivity contribution >= 4 is 17.7 Å². The predicted molar refractivity (Wildman–Crippen MR) is 66.5 cm³/mol. The van der Waals surface area contributed by atoms with Crippen molar-refractivity contribution in [2.24, 2.45) is 0 Å². The Morgan fingerprint density at radius 1 is 1.31 bits per heavy atom. The van der Waals surface area contributed by atoms with Gasteiger partial charge in [-0.05, 0) is 38.4 Å². The van der Waals surface area contributed by atoms with Crippen molar-refractivity contribution in [2.75, 3.05) is 12.3 Å². The van der Waals surface area contributed by atoms with Gasteiger partial charge in [0.1, 0.15) is 0 Å². The van der Waals surface area contributed by atoms with Gasteiger partial charge in [-0.1, -0.05) is 12.8 Å². The molecule has 92 valence electrons. The van der Waals surface area contributed by atoms with Crippen molar-refractivity contribution in [1.29, 1.82) is 0 Å². The Labute approximate surface area is 101 Å². The topological polar surface area (TPSA) is 49.3 Å². The Morgan fingerprint density at radius 3 is 2.56 bits per heavy atom. The van der Waals surface area contributed by atoms with E-state index in [1.165, 1.54) is 0 Å². The van der Waals surface area contributed by atoms with Gasteiger partial charge in [0.15, 0.2) is 0 Å². The fourth-order valence-corrected chi connectivity index (χ4v) is 3.83. The molecule has 16 heavy (non-hydrogen) atoms. The zero-order valence-electron chi connectivity index (χ0n) is 9.92. The summed E-state index contributed by atoms with van der Waals surface area (Å²) in [5.41, 5.74) is -0.630. The smallest absolute Gasteiger partial charge is 0.236 e. The summed E-state index contributed by atoms with van der Waals surface area (Å²) < 4.78 is -0.255. The monoisotopic (exact) mass is 243 g/mol. The Kier molecular flexibility index (Phi) is 3.50. The lowest BCUT2D eigenvalue weighted by Crippen LogP contribution is -2.47. The number of thioether (sulfide) groups is 1. The maximum Gasteiger partial charge on any atom is 0.236 e. The zero-order chi connectivity index (χ0) is 11.6. The third-order valence-electron chi connectivity index (χ3n) is 3.81. The number of nitrogens with one attached hydrogen (secondary N) is 1. The van der Waals surface area contributed by atoms with Gasteiger partial charge in [0.05, 0.1) is 10.3 Å². The van der Waals surface area contributed by atoms with E-state index in [-0.39, 0.29) is 10.7 Å². The van der Waals surface area contributed by atoms with E-state index in [2.05, 4.69) is 5.32 Å².